The number of benzene rings is 2. The van der Waals surface area contributed by atoms with Crippen LogP contribution in [0.2, 0.25) is 0 Å². The van der Waals surface area contributed by atoms with Crippen LogP contribution in [-0.4, -0.2) is 0 Å². The van der Waals surface area contributed by atoms with Crippen LogP contribution in [0.1, 0.15) is 36.6 Å². The normalized spacial score (nSPS) is 12.4. The summed E-state index contributed by atoms with van der Waals surface area (Å²) in [7, 11) is 0. The highest BCUT2D eigenvalue weighted by molar-refractivity contribution is 5.24. The summed E-state index contributed by atoms with van der Waals surface area (Å²) < 4.78 is 13.6. The molecule has 100 valence electrons. The van der Waals surface area contributed by atoms with E-state index in [1.165, 1.54) is 17.2 Å². The molecule has 0 aliphatic rings. The van der Waals surface area contributed by atoms with Gasteiger partial charge in [-0.2, -0.15) is 0 Å². The molecule has 0 aliphatic heterocycles. The molecule has 2 heteroatoms. The quantitative estimate of drug-likeness (QED) is 0.844. The van der Waals surface area contributed by atoms with Gasteiger partial charge in [-0.3, -0.25) is 0 Å². The van der Waals surface area contributed by atoms with E-state index in [1.807, 2.05) is 19.1 Å². The minimum absolute atomic E-state index is 0.00653. The Balaban J connectivity index is 1.96. The van der Waals surface area contributed by atoms with Crippen molar-refractivity contribution < 1.29 is 4.39 Å². The third-order valence-electron chi connectivity index (χ3n) is 3.42. The van der Waals surface area contributed by atoms with Gasteiger partial charge in [-0.25, -0.2) is 4.39 Å². The molecule has 0 radical (unpaired) electrons. The highest BCUT2D eigenvalue weighted by Gasteiger charge is 2.09. The molecule has 0 fully saturated rings. The van der Waals surface area contributed by atoms with E-state index in [-0.39, 0.29) is 11.9 Å². The maximum absolute atomic E-state index is 13.6. The van der Waals surface area contributed by atoms with E-state index in [9.17, 15) is 4.39 Å². The third-order valence-corrected chi connectivity index (χ3v) is 3.42. The summed E-state index contributed by atoms with van der Waals surface area (Å²) in [5.74, 6) is -0.149. The molecule has 1 atom stereocenters. The Bertz CT molecular complexity index is 519. The highest BCUT2D eigenvalue weighted by Crippen LogP contribution is 2.16. The Morgan fingerprint density at radius 3 is 2.26 bits per heavy atom. The van der Waals surface area contributed by atoms with Crippen molar-refractivity contribution in [3.8, 4) is 0 Å². The van der Waals surface area contributed by atoms with Crippen molar-refractivity contribution >= 4 is 0 Å². The van der Waals surface area contributed by atoms with Crippen LogP contribution in [0.3, 0.4) is 0 Å². The van der Waals surface area contributed by atoms with Crippen LogP contribution >= 0.6 is 0 Å². The van der Waals surface area contributed by atoms with Crippen molar-refractivity contribution in [1.29, 1.82) is 0 Å². The minimum Gasteiger partial charge on any atom is -0.306 e. The van der Waals surface area contributed by atoms with Crippen molar-refractivity contribution in [3.05, 3.63) is 71.0 Å². The van der Waals surface area contributed by atoms with Crippen LogP contribution in [0, 0.1) is 5.82 Å². The molecule has 0 amide bonds. The molecule has 0 saturated carbocycles. The first-order chi connectivity index (χ1) is 9.20. The molecule has 0 aromatic heterocycles. The maximum Gasteiger partial charge on any atom is 0.127 e. The van der Waals surface area contributed by atoms with Gasteiger partial charge >= 0.3 is 0 Å². The molecule has 2 aromatic rings. The van der Waals surface area contributed by atoms with Crippen molar-refractivity contribution in [3.63, 3.8) is 0 Å². The van der Waals surface area contributed by atoms with Gasteiger partial charge in [0.1, 0.15) is 5.82 Å². The topological polar surface area (TPSA) is 12.0 Å². The van der Waals surface area contributed by atoms with Crippen molar-refractivity contribution in [1.82, 2.24) is 5.32 Å². The summed E-state index contributed by atoms with van der Waals surface area (Å²) in [6, 6.07) is 15.5. The van der Waals surface area contributed by atoms with Gasteiger partial charge in [-0.15, -0.1) is 0 Å². The summed E-state index contributed by atoms with van der Waals surface area (Å²) in [5.41, 5.74) is 3.28. The fourth-order valence-electron chi connectivity index (χ4n) is 2.10. The molecule has 0 saturated heterocycles. The Morgan fingerprint density at radius 2 is 1.63 bits per heavy atom. The molecule has 19 heavy (non-hydrogen) atoms. The number of hydrogen-bond acceptors (Lipinski definition) is 1. The molecule has 0 heterocycles. The molecule has 1 unspecified atom stereocenters. The van der Waals surface area contributed by atoms with Crippen LogP contribution in [0.25, 0.3) is 0 Å². The van der Waals surface area contributed by atoms with Crippen LogP contribution < -0.4 is 5.32 Å². The summed E-state index contributed by atoms with van der Waals surface area (Å²) in [5, 5.41) is 3.35. The lowest BCUT2D eigenvalue weighted by atomic mass is 10.1. The average Bonchev–Trinajstić information content (AvgIpc) is 2.46. The fourth-order valence-corrected chi connectivity index (χ4v) is 2.10. The minimum atomic E-state index is -0.149. The van der Waals surface area contributed by atoms with E-state index in [0.717, 1.165) is 13.0 Å². The average molecular weight is 257 g/mol. The predicted molar refractivity (Wildman–Crippen MR) is 77.5 cm³/mol. The molecule has 1 N–H and O–H groups in total. The molecule has 2 rings (SSSR count). The Labute approximate surface area is 114 Å². The molecule has 0 spiro atoms. The van der Waals surface area contributed by atoms with Gasteiger partial charge in [0, 0.05) is 18.2 Å². The second-order valence-corrected chi connectivity index (χ2v) is 4.79. The zero-order chi connectivity index (χ0) is 13.7. The largest absolute Gasteiger partial charge is 0.306 e. The van der Waals surface area contributed by atoms with Gasteiger partial charge in [0.15, 0.2) is 0 Å². The number of hydrogen-bond donors (Lipinski definition) is 1. The van der Waals surface area contributed by atoms with Crippen molar-refractivity contribution in [2.45, 2.75) is 32.9 Å². The first kappa shape index (κ1) is 13.8. The molecule has 0 bridgehead atoms. The maximum atomic E-state index is 13.6. The first-order valence-corrected chi connectivity index (χ1v) is 6.76. The molecule has 1 nitrogen and oxygen atoms in total. The van der Waals surface area contributed by atoms with Gasteiger partial charge < -0.3 is 5.32 Å². The summed E-state index contributed by atoms with van der Waals surface area (Å²) in [6.07, 6.45) is 1.05. The fraction of sp³-hybridized carbons (Fsp3) is 0.294. The third kappa shape index (κ3) is 3.65. The van der Waals surface area contributed by atoms with Crippen molar-refractivity contribution in [2.24, 2.45) is 0 Å². The lowest BCUT2D eigenvalue weighted by Gasteiger charge is -2.15. The second kappa shape index (κ2) is 6.48. The smallest absolute Gasteiger partial charge is 0.127 e. The Hall–Kier alpha value is -1.67. The second-order valence-electron chi connectivity index (χ2n) is 4.79. The summed E-state index contributed by atoms with van der Waals surface area (Å²) in [6.45, 7) is 4.88. The number of rotatable bonds is 5. The Morgan fingerprint density at radius 1 is 1.00 bits per heavy atom. The summed E-state index contributed by atoms with van der Waals surface area (Å²) in [4.78, 5) is 0. The van der Waals surface area contributed by atoms with Crippen LogP contribution in [0.4, 0.5) is 4.39 Å². The van der Waals surface area contributed by atoms with Gasteiger partial charge in [-0.1, -0.05) is 49.4 Å². The van der Waals surface area contributed by atoms with E-state index < -0.39 is 0 Å². The van der Waals surface area contributed by atoms with E-state index >= 15 is 0 Å². The van der Waals surface area contributed by atoms with Crippen LogP contribution in [0.5, 0.6) is 0 Å². The number of halogens is 1. The predicted octanol–water partition coefficient (Wildman–Crippen LogP) is 4.24. The van der Waals surface area contributed by atoms with Gasteiger partial charge in [0.05, 0.1) is 0 Å². The molecular formula is C17H20FN. The molecule has 0 aliphatic carbocycles. The number of aryl methyl sites for hydroxylation is 1. The Kier molecular flexibility index (Phi) is 4.69. The van der Waals surface area contributed by atoms with Gasteiger partial charge in [0.2, 0.25) is 0 Å². The first-order valence-electron chi connectivity index (χ1n) is 6.76. The highest BCUT2D eigenvalue weighted by atomic mass is 19.1. The van der Waals surface area contributed by atoms with Gasteiger partial charge in [-0.05, 0) is 30.5 Å². The zero-order valence-electron chi connectivity index (χ0n) is 11.5. The molecule has 2 aromatic carbocycles. The van der Waals surface area contributed by atoms with E-state index in [1.54, 1.807) is 6.07 Å². The summed E-state index contributed by atoms with van der Waals surface area (Å²) >= 11 is 0. The van der Waals surface area contributed by atoms with Crippen molar-refractivity contribution in [2.75, 3.05) is 0 Å². The van der Waals surface area contributed by atoms with Crippen LogP contribution in [-0.2, 0) is 13.0 Å². The monoisotopic (exact) mass is 257 g/mol. The zero-order valence-corrected chi connectivity index (χ0v) is 11.5. The van der Waals surface area contributed by atoms with E-state index in [4.69, 9.17) is 0 Å². The lowest BCUT2D eigenvalue weighted by Crippen LogP contribution is -2.19. The van der Waals surface area contributed by atoms with Gasteiger partial charge in [0.25, 0.3) is 0 Å². The van der Waals surface area contributed by atoms with Crippen LogP contribution in [0.15, 0.2) is 48.5 Å². The van der Waals surface area contributed by atoms with E-state index in [0.29, 0.717) is 5.56 Å². The lowest BCUT2D eigenvalue weighted by molar-refractivity contribution is 0.528. The van der Waals surface area contributed by atoms with E-state index in [2.05, 4.69) is 36.5 Å². The standard InChI is InChI=1S/C17H20FN/c1-3-14-8-10-15(11-9-14)12-19-13(2)16-6-4-5-7-17(16)18/h4-11,13,19H,3,12H2,1-2H3. The SMILES string of the molecule is CCc1ccc(CNC(C)c2ccccc2F)cc1. The number of nitrogens with one attached hydrogen (secondary N) is 1. The molecular weight excluding hydrogens is 237 g/mol.